The summed E-state index contributed by atoms with van der Waals surface area (Å²) in [6, 6.07) is 4.38. The summed E-state index contributed by atoms with van der Waals surface area (Å²) < 4.78 is 5.57. The summed E-state index contributed by atoms with van der Waals surface area (Å²) in [4.78, 5) is 2.46. The zero-order valence-corrected chi connectivity index (χ0v) is 12.4. The molecule has 0 radical (unpaired) electrons. The minimum Gasteiger partial charge on any atom is -0.496 e. The first-order valence-electron chi connectivity index (χ1n) is 6.94. The molecular weight excluding hydrogens is 238 g/mol. The van der Waals surface area contributed by atoms with E-state index >= 15 is 0 Å². The fourth-order valence-corrected chi connectivity index (χ4v) is 2.68. The van der Waals surface area contributed by atoms with Crippen LogP contribution in [0.3, 0.4) is 0 Å². The maximum Gasteiger partial charge on any atom is 0.125 e. The Hall–Kier alpha value is -1.10. The van der Waals surface area contributed by atoms with Gasteiger partial charge in [-0.15, -0.1) is 0 Å². The summed E-state index contributed by atoms with van der Waals surface area (Å²) >= 11 is 0. The van der Waals surface area contributed by atoms with E-state index in [1.807, 2.05) is 7.05 Å². The molecule has 0 aliphatic carbocycles. The highest BCUT2D eigenvalue weighted by atomic mass is 16.5. The molecule has 0 amide bonds. The zero-order valence-electron chi connectivity index (χ0n) is 12.4. The van der Waals surface area contributed by atoms with Crippen molar-refractivity contribution >= 4 is 0 Å². The van der Waals surface area contributed by atoms with Gasteiger partial charge in [-0.1, -0.05) is 0 Å². The van der Waals surface area contributed by atoms with Crippen molar-refractivity contribution in [3.63, 3.8) is 0 Å². The number of piperazine rings is 1. The fraction of sp³-hybridized carbons (Fsp3) is 0.600. The molecule has 2 rings (SSSR count). The molecular formula is C15H25N3O. The van der Waals surface area contributed by atoms with Gasteiger partial charge in [-0.25, -0.2) is 0 Å². The van der Waals surface area contributed by atoms with Crippen LogP contribution in [0.2, 0.25) is 0 Å². The van der Waals surface area contributed by atoms with E-state index in [2.05, 4.69) is 41.5 Å². The minimum atomic E-state index is 0.219. The SMILES string of the molecule is CNC(c1cc(C)c(C)cc1OC)N1CCNCC1. The number of methoxy groups -OCH3 is 1. The van der Waals surface area contributed by atoms with Gasteiger partial charge in [0.15, 0.2) is 0 Å². The van der Waals surface area contributed by atoms with Crippen LogP contribution in [0.15, 0.2) is 12.1 Å². The lowest BCUT2D eigenvalue weighted by molar-refractivity contribution is 0.150. The van der Waals surface area contributed by atoms with Crippen LogP contribution >= 0.6 is 0 Å². The Morgan fingerprint density at radius 2 is 1.84 bits per heavy atom. The number of benzene rings is 1. The van der Waals surface area contributed by atoms with Crippen LogP contribution in [0.1, 0.15) is 22.9 Å². The lowest BCUT2D eigenvalue weighted by Crippen LogP contribution is -2.48. The molecule has 4 heteroatoms. The molecule has 1 aliphatic heterocycles. The van der Waals surface area contributed by atoms with E-state index in [0.29, 0.717) is 0 Å². The van der Waals surface area contributed by atoms with Crippen molar-refractivity contribution in [1.82, 2.24) is 15.5 Å². The summed E-state index contributed by atoms with van der Waals surface area (Å²) in [5.74, 6) is 0.973. The first-order chi connectivity index (χ1) is 9.17. The number of ether oxygens (including phenoxy) is 1. The quantitative estimate of drug-likeness (QED) is 0.862. The Kier molecular flexibility index (Phi) is 4.80. The van der Waals surface area contributed by atoms with E-state index in [4.69, 9.17) is 4.74 Å². The standard InChI is InChI=1S/C15H25N3O/c1-11-9-13(14(19-4)10-12(11)2)15(16-3)18-7-5-17-6-8-18/h9-10,15-17H,5-8H2,1-4H3. The highest BCUT2D eigenvalue weighted by molar-refractivity contribution is 5.43. The predicted octanol–water partition coefficient (Wildman–Crippen LogP) is 1.44. The predicted molar refractivity (Wildman–Crippen MR) is 78.7 cm³/mol. The average molecular weight is 263 g/mol. The Labute approximate surface area is 116 Å². The molecule has 1 fully saturated rings. The molecule has 1 heterocycles. The molecule has 1 aromatic carbocycles. The summed E-state index contributed by atoms with van der Waals surface area (Å²) in [6.45, 7) is 8.49. The van der Waals surface area contributed by atoms with Gasteiger partial charge in [-0.3, -0.25) is 4.90 Å². The molecule has 0 bridgehead atoms. The van der Waals surface area contributed by atoms with E-state index in [0.717, 1.165) is 31.9 Å². The smallest absolute Gasteiger partial charge is 0.125 e. The van der Waals surface area contributed by atoms with Gasteiger partial charge in [-0.05, 0) is 44.2 Å². The Balaban J connectivity index is 2.33. The van der Waals surface area contributed by atoms with Crippen molar-refractivity contribution < 1.29 is 4.74 Å². The molecule has 1 aliphatic rings. The van der Waals surface area contributed by atoms with Crippen molar-refractivity contribution in [2.75, 3.05) is 40.3 Å². The topological polar surface area (TPSA) is 36.5 Å². The van der Waals surface area contributed by atoms with Crippen LogP contribution in [0, 0.1) is 13.8 Å². The number of hydrogen-bond donors (Lipinski definition) is 2. The van der Waals surface area contributed by atoms with Crippen molar-refractivity contribution in [2.24, 2.45) is 0 Å². The van der Waals surface area contributed by atoms with Gasteiger partial charge in [0.25, 0.3) is 0 Å². The van der Waals surface area contributed by atoms with Gasteiger partial charge in [0.1, 0.15) is 5.75 Å². The van der Waals surface area contributed by atoms with Crippen LogP contribution in [-0.4, -0.2) is 45.2 Å². The Morgan fingerprint density at radius 1 is 1.21 bits per heavy atom. The van der Waals surface area contributed by atoms with E-state index in [1.165, 1.54) is 16.7 Å². The van der Waals surface area contributed by atoms with Crippen molar-refractivity contribution in [3.05, 3.63) is 28.8 Å². The van der Waals surface area contributed by atoms with Gasteiger partial charge in [0, 0.05) is 31.7 Å². The molecule has 1 atom stereocenters. The van der Waals surface area contributed by atoms with Crippen molar-refractivity contribution in [1.29, 1.82) is 0 Å². The van der Waals surface area contributed by atoms with E-state index in [1.54, 1.807) is 7.11 Å². The lowest BCUT2D eigenvalue weighted by atomic mass is 10.0. The number of nitrogens with zero attached hydrogens (tertiary/aromatic N) is 1. The fourth-order valence-electron chi connectivity index (χ4n) is 2.68. The van der Waals surface area contributed by atoms with E-state index in [9.17, 15) is 0 Å². The molecule has 2 N–H and O–H groups in total. The maximum absolute atomic E-state index is 5.57. The van der Waals surface area contributed by atoms with Crippen molar-refractivity contribution in [2.45, 2.75) is 20.0 Å². The maximum atomic E-state index is 5.57. The highest BCUT2D eigenvalue weighted by Crippen LogP contribution is 2.30. The summed E-state index contributed by atoms with van der Waals surface area (Å²) in [5, 5.41) is 6.82. The molecule has 1 unspecified atom stereocenters. The second-order valence-corrected chi connectivity index (χ2v) is 5.16. The molecule has 4 nitrogen and oxygen atoms in total. The van der Waals surface area contributed by atoms with Gasteiger partial charge in [0.2, 0.25) is 0 Å². The Bertz CT molecular complexity index is 428. The summed E-state index contributed by atoms with van der Waals surface area (Å²) in [7, 11) is 3.76. The normalized spacial score (nSPS) is 18.3. The summed E-state index contributed by atoms with van der Waals surface area (Å²) in [6.07, 6.45) is 0.219. The molecule has 1 saturated heterocycles. The molecule has 1 aromatic rings. The third-order valence-electron chi connectivity index (χ3n) is 3.93. The first kappa shape index (κ1) is 14.3. The second-order valence-electron chi connectivity index (χ2n) is 5.16. The van der Waals surface area contributed by atoms with E-state index < -0.39 is 0 Å². The van der Waals surface area contributed by atoms with Crippen LogP contribution in [0.4, 0.5) is 0 Å². The second kappa shape index (κ2) is 6.37. The summed E-state index contributed by atoms with van der Waals surface area (Å²) in [5.41, 5.74) is 3.82. The largest absolute Gasteiger partial charge is 0.496 e. The molecule has 19 heavy (non-hydrogen) atoms. The van der Waals surface area contributed by atoms with Gasteiger partial charge in [-0.2, -0.15) is 0 Å². The first-order valence-corrected chi connectivity index (χ1v) is 6.94. The third-order valence-corrected chi connectivity index (χ3v) is 3.93. The molecule has 106 valence electrons. The van der Waals surface area contributed by atoms with Crippen LogP contribution < -0.4 is 15.4 Å². The number of rotatable bonds is 4. The zero-order chi connectivity index (χ0) is 13.8. The Morgan fingerprint density at radius 3 is 2.42 bits per heavy atom. The van der Waals surface area contributed by atoms with Crippen LogP contribution in [0.5, 0.6) is 5.75 Å². The van der Waals surface area contributed by atoms with Crippen LogP contribution in [0.25, 0.3) is 0 Å². The minimum absolute atomic E-state index is 0.219. The third kappa shape index (κ3) is 3.08. The lowest BCUT2D eigenvalue weighted by Gasteiger charge is -2.35. The van der Waals surface area contributed by atoms with Gasteiger partial charge < -0.3 is 15.4 Å². The average Bonchev–Trinajstić information content (AvgIpc) is 2.44. The number of hydrogen-bond acceptors (Lipinski definition) is 4. The highest BCUT2D eigenvalue weighted by Gasteiger charge is 2.23. The molecule has 0 saturated carbocycles. The van der Waals surface area contributed by atoms with Crippen LogP contribution in [-0.2, 0) is 0 Å². The molecule has 0 aromatic heterocycles. The number of nitrogens with one attached hydrogen (secondary N) is 2. The molecule has 0 spiro atoms. The van der Waals surface area contributed by atoms with Gasteiger partial charge >= 0.3 is 0 Å². The number of aryl methyl sites for hydroxylation is 2. The van der Waals surface area contributed by atoms with Crippen molar-refractivity contribution in [3.8, 4) is 5.75 Å². The monoisotopic (exact) mass is 263 g/mol. The van der Waals surface area contributed by atoms with Gasteiger partial charge in [0.05, 0.1) is 13.3 Å². The van der Waals surface area contributed by atoms with E-state index in [-0.39, 0.29) is 6.17 Å².